The van der Waals surface area contributed by atoms with Crippen LogP contribution in [0.4, 0.5) is 5.69 Å². The van der Waals surface area contributed by atoms with Crippen LogP contribution in [0.25, 0.3) is 0 Å². The molecule has 1 aromatic carbocycles. The molecule has 1 rings (SSSR count). The van der Waals surface area contributed by atoms with Crippen LogP contribution < -0.4 is 0 Å². The molecule has 0 aliphatic rings. The van der Waals surface area contributed by atoms with Gasteiger partial charge in [-0.1, -0.05) is 27.8 Å². The molecule has 0 aliphatic carbocycles. The van der Waals surface area contributed by atoms with Gasteiger partial charge in [-0.05, 0) is 12.1 Å². The summed E-state index contributed by atoms with van der Waals surface area (Å²) in [5.74, 6) is 5.27. The summed E-state index contributed by atoms with van der Waals surface area (Å²) in [4.78, 5) is 9.86. The largest absolute Gasteiger partial charge is 0.502 e. The summed E-state index contributed by atoms with van der Waals surface area (Å²) in [6, 6.07) is 4.08. The molecule has 78 valence electrons. The highest BCUT2D eigenvalue weighted by atomic mass is 79.9. The molecule has 0 saturated carbocycles. The van der Waals surface area contributed by atoms with Crippen molar-refractivity contribution in [2.24, 2.45) is 0 Å². The number of benzene rings is 1. The molecule has 5 heteroatoms. The minimum Gasteiger partial charge on any atom is -0.502 e. The fraction of sp³-hybridized carbons (Fsp3) is 0.200. The first-order valence-corrected chi connectivity index (χ1v) is 5.29. The van der Waals surface area contributed by atoms with E-state index in [1.165, 1.54) is 12.1 Å². The van der Waals surface area contributed by atoms with Gasteiger partial charge in [0.2, 0.25) is 0 Å². The Bertz CT molecular complexity index is 434. The van der Waals surface area contributed by atoms with Crippen LogP contribution in [0.5, 0.6) is 5.75 Å². The zero-order valence-corrected chi connectivity index (χ0v) is 9.32. The zero-order valence-electron chi connectivity index (χ0n) is 7.74. The molecule has 0 atom stereocenters. The molecule has 0 heterocycles. The average Bonchev–Trinajstić information content (AvgIpc) is 2.20. The monoisotopic (exact) mass is 269 g/mol. The van der Waals surface area contributed by atoms with Crippen molar-refractivity contribution in [1.82, 2.24) is 0 Å². The number of phenols is 1. The van der Waals surface area contributed by atoms with Crippen molar-refractivity contribution in [1.29, 1.82) is 0 Å². The van der Waals surface area contributed by atoms with Gasteiger partial charge in [0.25, 0.3) is 0 Å². The predicted octanol–water partition coefficient (Wildman–Crippen LogP) is 2.44. The molecular formula is C10H8BrNO3. The number of nitro groups is 1. The number of nitro benzene ring substituents is 1. The summed E-state index contributed by atoms with van der Waals surface area (Å²) in [6.07, 6.45) is 0.675. The van der Waals surface area contributed by atoms with Gasteiger partial charge in [-0.25, -0.2) is 0 Å². The van der Waals surface area contributed by atoms with Gasteiger partial charge >= 0.3 is 5.69 Å². The highest BCUT2D eigenvalue weighted by molar-refractivity contribution is 9.09. The third-order valence-electron chi connectivity index (χ3n) is 1.62. The van der Waals surface area contributed by atoms with E-state index in [0.29, 0.717) is 12.0 Å². The van der Waals surface area contributed by atoms with Crippen LogP contribution in [0.1, 0.15) is 12.0 Å². The predicted molar refractivity (Wildman–Crippen MR) is 60.1 cm³/mol. The molecule has 0 spiro atoms. The normalized spacial score (nSPS) is 9.13. The van der Waals surface area contributed by atoms with Crippen LogP contribution >= 0.6 is 15.9 Å². The van der Waals surface area contributed by atoms with Crippen LogP contribution in [-0.4, -0.2) is 15.4 Å². The van der Waals surface area contributed by atoms with Crippen molar-refractivity contribution >= 4 is 21.6 Å². The van der Waals surface area contributed by atoms with E-state index in [-0.39, 0.29) is 11.4 Å². The minimum atomic E-state index is -0.634. The molecule has 15 heavy (non-hydrogen) atoms. The SMILES string of the molecule is O=[N+]([O-])c1cc(C#CCCBr)ccc1O. The second kappa shape index (κ2) is 5.37. The maximum absolute atomic E-state index is 10.5. The maximum Gasteiger partial charge on any atom is 0.311 e. The van der Waals surface area contributed by atoms with Crippen molar-refractivity contribution in [3.05, 3.63) is 33.9 Å². The first-order valence-electron chi connectivity index (χ1n) is 4.17. The third-order valence-corrected chi connectivity index (χ3v) is 2.02. The molecule has 0 unspecified atom stereocenters. The van der Waals surface area contributed by atoms with E-state index < -0.39 is 4.92 Å². The summed E-state index contributed by atoms with van der Waals surface area (Å²) in [7, 11) is 0. The Morgan fingerprint density at radius 1 is 1.53 bits per heavy atom. The second-order valence-electron chi connectivity index (χ2n) is 2.70. The Kier molecular flexibility index (Phi) is 4.13. The van der Waals surface area contributed by atoms with E-state index in [2.05, 4.69) is 27.8 Å². The highest BCUT2D eigenvalue weighted by Crippen LogP contribution is 2.25. The van der Waals surface area contributed by atoms with E-state index >= 15 is 0 Å². The van der Waals surface area contributed by atoms with Gasteiger partial charge in [0.1, 0.15) is 0 Å². The van der Waals surface area contributed by atoms with E-state index in [4.69, 9.17) is 0 Å². The van der Waals surface area contributed by atoms with Gasteiger partial charge in [0, 0.05) is 23.4 Å². The smallest absolute Gasteiger partial charge is 0.311 e. The Morgan fingerprint density at radius 3 is 2.87 bits per heavy atom. The van der Waals surface area contributed by atoms with E-state index in [1.807, 2.05) is 0 Å². The molecule has 0 aliphatic heterocycles. The highest BCUT2D eigenvalue weighted by Gasteiger charge is 2.12. The lowest BCUT2D eigenvalue weighted by molar-refractivity contribution is -0.385. The second-order valence-corrected chi connectivity index (χ2v) is 3.49. The number of halogens is 1. The summed E-state index contributed by atoms with van der Waals surface area (Å²) in [5.41, 5.74) is 0.209. The topological polar surface area (TPSA) is 63.4 Å². The Balaban J connectivity index is 2.99. The Morgan fingerprint density at radius 2 is 2.27 bits per heavy atom. The Labute approximate surface area is 95.2 Å². The van der Waals surface area contributed by atoms with Crippen molar-refractivity contribution in [2.45, 2.75) is 6.42 Å². The number of aromatic hydroxyl groups is 1. The molecule has 1 aromatic rings. The van der Waals surface area contributed by atoms with Crippen molar-refractivity contribution in [2.75, 3.05) is 5.33 Å². The minimum absolute atomic E-state index is 0.319. The van der Waals surface area contributed by atoms with E-state index in [9.17, 15) is 15.2 Å². The summed E-state index contributed by atoms with van der Waals surface area (Å²) in [6.45, 7) is 0. The maximum atomic E-state index is 10.5. The number of rotatable bonds is 2. The van der Waals surface area contributed by atoms with Gasteiger partial charge in [-0.2, -0.15) is 0 Å². The fourth-order valence-electron chi connectivity index (χ4n) is 0.959. The van der Waals surface area contributed by atoms with Crippen LogP contribution in [0.15, 0.2) is 18.2 Å². The van der Waals surface area contributed by atoms with Crippen LogP contribution in [0, 0.1) is 22.0 Å². The summed E-state index contributed by atoms with van der Waals surface area (Å²) >= 11 is 3.22. The molecule has 0 saturated heterocycles. The first kappa shape index (κ1) is 11.5. The lowest BCUT2D eigenvalue weighted by Crippen LogP contribution is -1.89. The van der Waals surface area contributed by atoms with E-state index in [0.717, 1.165) is 5.33 Å². The van der Waals surface area contributed by atoms with Gasteiger partial charge in [0.15, 0.2) is 5.75 Å². The molecule has 1 N–H and O–H groups in total. The van der Waals surface area contributed by atoms with Gasteiger partial charge in [-0.15, -0.1) is 0 Å². The van der Waals surface area contributed by atoms with Crippen LogP contribution in [0.3, 0.4) is 0 Å². The standard InChI is InChI=1S/C10H8BrNO3/c11-6-2-1-3-8-4-5-10(13)9(7-8)12(14)15/h4-5,7,13H,2,6H2. The molecule has 0 bridgehead atoms. The molecular weight excluding hydrogens is 262 g/mol. The lowest BCUT2D eigenvalue weighted by Gasteiger charge is -1.95. The van der Waals surface area contributed by atoms with Gasteiger partial charge in [-0.3, -0.25) is 10.1 Å². The Hall–Kier alpha value is -1.54. The van der Waals surface area contributed by atoms with Crippen molar-refractivity contribution in [3.8, 4) is 17.6 Å². The zero-order chi connectivity index (χ0) is 11.3. The van der Waals surface area contributed by atoms with Crippen LogP contribution in [0.2, 0.25) is 0 Å². The summed E-state index contributed by atoms with van der Waals surface area (Å²) in [5, 5.41) is 20.4. The first-order chi connectivity index (χ1) is 7.15. The third kappa shape index (κ3) is 3.26. The van der Waals surface area contributed by atoms with Gasteiger partial charge in [0.05, 0.1) is 4.92 Å². The fourth-order valence-corrected chi connectivity index (χ4v) is 1.16. The molecule has 4 nitrogen and oxygen atoms in total. The molecule has 0 aromatic heterocycles. The molecule has 0 fully saturated rings. The van der Waals surface area contributed by atoms with Gasteiger partial charge < -0.3 is 5.11 Å². The van der Waals surface area contributed by atoms with Crippen LogP contribution in [-0.2, 0) is 0 Å². The number of hydrogen-bond acceptors (Lipinski definition) is 3. The van der Waals surface area contributed by atoms with Crippen molar-refractivity contribution in [3.63, 3.8) is 0 Å². The van der Waals surface area contributed by atoms with Crippen molar-refractivity contribution < 1.29 is 10.0 Å². The summed E-state index contributed by atoms with van der Waals surface area (Å²) < 4.78 is 0. The molecule has 0 amide bonds. The number of hydrogen-bond donors (Lipinski definition) is 1. The lowest BCUT2D eigenvalue weighted by atomic mass is 10.2. The number of nitrogens with zero attached hydrogens (tertiary/aromatic N) is 1. The quantitative estimate of drug-likeness (QED) is 0.388. The molecule has 0 radical (unpaired) electrons. The average molecular weight is 270 g/mol. The number of phenolic OH excluding ortho intramolecular Hbond substituents is 1. The van der Waals surface area contributed by atoms with E-state index in [1.54, 1.807) is 6.07 Å². The number of alkyl halides is 1.